The molecule has 2 aromatic rings. The Hall–Kier alpha value is -1.74. The van der Waals surface area contributed by atoms with Gasteiger partial charge in [0.25, 0.3) is 0 Å². The van der Waals surface area contributed by atoms with Crippen LogP contribution >= 0.6 is 0 Å². The Morgan fingerprint density at radius 2 is 1.59 bits per heavy atom. The van der Waals surface area contributed by atoms with Crippen LogP contribution in [0.4, 0.5) is 8.78 Å². The lowest BCUT2D eigenvalue weighted by molar-refractivity contribution is 0.108. The molecule has 1 nitrogen and oxygen atoms in total. The molecular weight excluding hydrogens is 364 g/mol. The highest BCUT2D eigenvalue weighted by atomic mass is 19.2. The van der Waals surface area contributed by atoms with Gasteiger partial charge < -0.3 is 4.90 Å². The molecule has 4 unspecified atom stereocenters. The van der Waals surface area contributed by atoms with Gasteiger partial charge in [-0.25, -0.2) is 8.78 Å². The van der Waals surface area contributed by atoms with E-state index >= 15 is 0 Å². The van der Waals surface area contributed by atoms with E-state index in [2.05, 4.69) is 73.5 Å². The van der Waals surface area contributed by atoms with E-state index in [0.717, 1.165) is 44.2 Å². The maximum absolute atomic E-state index is 13.7. The summed E-state index contributed by atoms with van der Waals surface area (Å²) in [7, 11) is 2.23. The van der Waals surface area contributed by atoms with Crippen molar-refractivity contribution >= 4 is 0 Å². The predicted octanol–water partition coefficient (Wildman–Crippen LogP) is 6.52. The van der Waals surface area contributed by atoms with Crippen LogP contribution in [0.25, 0.3) is 0 Å². The summed E-state index contributed by atoms with van der Waals surface area (Å²) in [5.74, 6) is 0.165. The van der Waals surface area contributed by atoms with Gasteiger partial charge in [-0.3, -0.25) is 0 Å². The fourth-order valence-electron chi connectivity index (χ4n) is 4.54. The number of rotatable bonds is 9. The van der Waals surface area contributed by atoms with E-state index in [4.69, 9.17) is 0 Å². The minimum Gasteiger partial charge on any atom is -0.303 e. The Labute approximate surface area is 175 Å². The Morgan fingerprint density at radius 3 is 2.24 bits per heavy atom. The zero-order valence-corrected chi connectivity index (χ0v) is 17.9. The molecule has 0 aromatic heterocycles. The summed E-state index contributed by atoms with van der Waals surface area (Å²) in [6.45, 7) is 3.34. The van der Waals surface area contributed by atoms with E-state index in [1.165, 1.54) is 11.1 Å². The van der Waals surface area contributed by atoms with Gasteiger partial charge in [-0.1, -0.05) is 61.5 Å². The number of nitrogens with zero attached hydrogens (tertiary/aromatic N) is 1. The Kier molecular flexibility index (Phi) is 8.23. The van der Waals surface area contributed by atoms with E-state index in [9.17, 15) is 8.78 Å². The molecule has 1 aliphatic carbocycles. The zero-order valence-electron chi connectivity index (χ0n) is 17.9. The quantitative estimate of drug-likeness (QED) is 0.464. The van der Waals surface area contributed by atoms with E-state index in [0.29, 0.717) is 18.9 Å². The van der Waals surface area contributed by atoms with Gasteiger partial charge in [0.05, 0.1) is 0 Å². The summed E-state index contributed by atoms with van der Waals surface area (Å²) in [6.07, 6.45) is 3.28. The number of hydrogen-bond acceptors (Lipinski definition) is 1. The summed E-state index contributed by atoms with van der Waals surface area (Å²) in [5, 5.41) is 0. The van der Waals surface area contributed by atoms with Gasteiger partial charge in [0, 0.05) is 12.6 Å². The summed E-state index contributed by atoms with van der Waals surface area (Å²) in [4.78, 5) is 2.48. The SMILES string of the molecule is CCC(CCc1ccc(C2CCC(F)C(F)C2)cc1)N(C)CCc1ccccc1. The maximum atomic E-state index is 13.7. The average molecular weight is 400 g/mol. The van der Waals surface area contributed by atoms with Gasteiger partial charge in [0.1, 0.15) is 12.3 Å². The van der Waals surface area contributed by atoms with Gasteiger partial charge in [-0.15, -0.1) is 0 Å². The third-order valence-electron chi connectivity index (χ3n) is 6.60. The van der Waals surface area contributed by atoms with Crippen LogP contribution in [-0.4, -0.2) is 36.9 Å². The largest absolute Gasteiger partial charge is 0.303 e. The lowest BCUT2D eigenvalue weighted by Gasteiger charge is -2.28. The number of benzene rings is 2. The monoisotopic (exact) mass is 399 g/mol. The van der Waals surface area contributed by atoms with Crippen molar-refractivity contribution < 1.29 is 8.78 Å². The highest BCUT2D eigenvalue weighted by Crippen LogP contribution is 2.35. The Morgan fingerprint density at radius 1 is 0.897 bits per heavy atom. The van der Waals surface area contributed by atoms with Crippen molar-refractivity contribution in [1.29, 1.82) is 0 Å². The lowest BCUT2D eigenvalue weighted by Crippen LogP contribution is -2.33. The normalized spacial score (nSPS) is 23.3. The molecule has 0 amide bonds. The summed E-state index contributed by atoms with van der Waals surface area (Å²) in [6, 6.07) is 19.9. The molecule has 0 spiro atoms. The van der Waals surface area contributed by atoms with Crippen LogP contribution in [0.2, 0.25) is 0 Å². The Balaban J connectivity index is 1.47. The molecule has 0 radical (unpaired) electrons. The van der Waals surface area contributed by atoms with Crippen LogP contribution in [0.5, 0.6) is 0 Å². The van der Waals surface area contributed by atoms with Gasteiger partial charge in [0.15, 0.2) is 0 Å². The molecule has 158 valence electrons. The van der Waals surface area contributed by atoms with Gasteiger partial charge >= 0.3 is 0 Å². The third kappa shape index (κ3) is 6.37. The van der Waals surface area contributed by atoms with Crippen LogP contribution in [0.3, 0.4) is 0 Å². The molecule has 3 rings (SSSR count). The minimum atomic E-state index is -1.30. The second-order valence-electron chi connectivity index (χ2n) is 8.60. The van der Waals surface area contributed by atoms with Crippen molar-refractivity contribution in [2.24, 2.45) is 0 Å². The van der Waals surface area contributed by atoms with Gasteiger partial charge in [0.2, 0.25) is 0 Å². The molecular formula is C26H35F2N. The summed E-state index contributed by atoms with van der Waals surface area (Å²) in [5.41, 5.74) is 3.89. The fourth-order valence-corrected chi connectivity index (χ4v) is 4.54. The number of halogens is 2. The van der Waals surface area contributed by atoms with Crippen LogP contribution in [-0.2, 0) is 12.8 Å². The highest BCUT2D eigenvalue weighted by Gasteiger charge is 2.31. The highest BCUT2D eigenvalue weighted by molar-refractivity contribution is 5.26. The number of likely N-dealkylation sites (N-methyl/N-ethyl adjacent to an activating group) is 1. The molecule has 4 atom stereocenters. The molecule has 1 saturated carbocycles. The summed E-state index contributed by atoms with van der Waals surface area (Å²) < 4.78 is 27.1. The van der Waals surface area contributed by atoms with Crippen molar-refractivity contribution in [1.82, 2.24) is 4.90 Å². The molecule has 0 bridgehead atoms. The third-order valence-corrected chi connectivity index (χ3v) is 6.60. The zero-order chi connectivity index (χ0) is 20.6. The van der Waals surface area contributed by atoms with Crippen molar-refractivity contribution in [2.75, 3.05) is 13.6 Å². The van der Waals surface area contributed by atoms with Gasteiger partial charge in [-0.05, 0) is 74.6 Å². The van der Waals surface area contributed by atoms with Crippen molar-refractivity contribution in [3.63, 3.8) is 0 Å². The van der Waals surface area contributed by atoms with Crippen molar-refractivity contribution in [2.45, 2.75) is 76.2 Å². The van der Waals surface area contributed by atoms with E-state index in [-0.39, 0.29) is 5.92 Å². The second kappa shape index (κ2) is 10.9. The topological polar surface area (TPSA) is 3.24 Å². The first-order valence-corrected chi connectivity index (χ1v) is 11.2. The first-order chi connectivity index (χ1) is 14.1. The molecule has 0 N–H and O–H groups in total. The van der Waals surface area contributed by atoms with E-state index in [1.807, 2.05) is 0 Å². The molecule has 2 aromatic carbocycles. The van der Waals surface area contributed by atoms with Crippen molar-refractivity contribution in [3.05, 3.63) is 71.3 Å². The second-order valence-corrected chi connectivity index (χ2v) is 8.60. The van der Waals surface area contributed by atoms with Gasteiger partial charge in [-0.2, -0.15) is 0 Å². The van der Waals surface area contributed by atoms with Crippen LogP contribution in [0.15, 0.2) is 54.6 Å². The minimum absolute atomic E-state index is 0.165. The molecule has 29 heavy (non-hydrogen) atoms. The molecule has 1 aliphatic rings. The number of hydrogen-bond donors (Lipinski definition) is 0. The predicted molar refractivity (Wildman–Crippen MR) is 118 cm³/mol. The van der Waals surface area contributed by atoms with E-state index in [1.54, 1.807) is 0 Å². The average Bonchev–Trinajstić information content (AvgIpc) is 2.76. The van der Waals surface area contributed by atoms with Crippen molar-refractivity contribution in [3.8, 4) is 0 Å². The van der Waals surface area contributed by atoms with Crippen LogP contribution in [0.1, 0.15) is 61.6 Å². The fraction of sp³-hybridized carbons (Fsp3) is 0.538. The molecule has 0 heterocycles. The molecule has 1 fully saturated rings. The first-order valence-electron chi connectivity index (χ1n) is 11.2. The first kappa shape index (κ1) is 22.0. The Bertz CT molecular complexity index is 715. The van der Waals surface area contributed by atoms with Crippen LogP contribution < -0.4 is 0 Å². The van der Waals surface area contributed by atoms with E-state index < -0.39 is 12.3 Å². The summed E-state index contributed by atoms with van der Waals surface area (Å²) >= 11 is 0. The number of alkyl halides is 2. The molecule has 0 aliphatic heterocycles. The molecule has 0 saturated heterocycles. The van der Waals surface area contributed by atoms with Crippen LogP contribution in [0, 0.1) is 0 Å². The maximum Gasteiger partial charge on any atom is 0.132 e. The lowest BCUT2D eigenvalue weighted by atomic mass is 9.82. The smallest absolute Gasteiger partial charge is 0.132 e. The number of aryl methyl sites for hydroxylation is 1. The molecule has 3 heteroatoms. The standard InChI is InChI=1S/C26H35F2N/c1-3-24(29(2)18-17-20-7-5-4-6-8-20)15-11-21-9-12-22(13-10-21)23-14-16-25(27)26(28)19-23/h4-10,12-13,23-26H,3,11,14-19H2,1-2H3.